The minimum Gasteiger partial charge on any atom is -0.497 e. The first kappa shape index (κ1) is 15.8. The summed E-state index contributed by atoms with van der Waals surface area (Å²) in [6, 6.07) is 5.17. The molecule has 0 bridgehead atoms. The molecule has 1 rings (SSSR count). The van der Waals surface area contributed by atoms with Crippen molar-refractivity contribution in [3.8, 4) is 5.75 Å². The molecular weight excluding hydrogens is 264 g/mol. The Hall–Kier alpha value is -1.26. The van der Waals surface area contributed by atoms with Gasteiger partial charge < -0.3 is 16.2 Å². The normalized spacial score (nSPS) is 13.1. The average Bonchev–Trinajstić information content (AvgIpc) is 2.25. The first-order valence-corrected chi connectivity index (χ1v) is 6.50. The molecule has 1 atom stereocenters. The Kier molecular flexibility index (Phi) is 5.20. The van der Waals surface area contributed by atoms with E-state index in [0.29, 0.717) is 23.6 Å². The highest BCUT2D eigenvalue weighted by Gasteiger charge is 2.25. The fourth-order valence-corrected chi connectivity index (χ4v) is 2.50. The summed E-state index contributed by atoms with van der Waals surface area (Å²) in [7, 11) is 1.58. The summed E-state index contributed by atoms with van der Waals surface area (Å²) in [5.74, 6) is 0.371. The van der Waals surface area contributed by atoms with Gasteiger partial charge in [0.05, 0.1) is 7.11 Å². The Bertz CT molecular complexity index is 461. The molecule has 1 amide bonds. The molecular formula is C14H21ClN2O2. The maximum atomic E-state index is 11.0. The van der Waals surface area contributed by atoms with Gasteiger partial charge in [-0.3, -0.25) is 4.79 Å². The molecule has 19 heavy (non-hydrogen) atoms. The third-order valence-electron chi connectivity index (χ3n) is 3.03. The summed E-state index contributed by atoms with van der Waals surface area (Å²) in [6.45, 7) is 3.93. The lowest BCUT2D eigenvalue weighted by atomic mass is 9.81. The monoisotopic (exact) mass is 284 g/mol. The predicted molar refractivity (Wildman–Crippen MR) is 77.1 cm³/mol. The van der Waals surface area contributed by atoms with E-state index in [-0.39, 0.29) is 17.4 Å². The van der Waals surface area contributed by atoms with E-state index in [2.05, 4.69) is 0 Å². The van der Waals surface area contributed by atoms with E-state index in [1.807, 2.05) is 26.0 Å². The first-order valence-electron chi connectivity index (χ1n) is 6.12. The lowest BCUT2D eigenvalue weighted by Gasteiger charge is -2.27. The van der Waals surface area contributed by atoms with E-state index in [1.165, 1.54) is 0 Å². The van der Waals surface area contributed by atoms with Crippen molar-refractivity contribution < 1.29 is 9.53 Å². The van der Waals surface area contributed by atoms with E-state index < -0.39 is 0 Å². The van der Waals surface area contributed by atoms with Gasteiger partial charge in [0.25, 0.3) is 0 Å². The van der Waals surface area contributed by atoms with Crippen molar-refractivity contribution in [2.75, 3.05) is 7.11 Å². The fourth-order valence-electron chi connectivity index (χ4n) is 2.18. The molecule has 0 heterocycles. The second kappa shape index (κ2) is 6.26. The van der Waals surface area contributed by atoms with Crippen molar-refractivity contribution in [3.05, 3.63) is 28.8 Å². The zero-order chi connectivity index (χ0) is 14.6. The Balaban J connectivity index is 2.83. The molecule has 5 heteroatoms. The van der Waals surface area contributed by atoms with Crippen molar-refractivity contribution in [2.45, 2.75) is 32.7 Å². The lowest BCUT2D eigenvalue weighted by Crippen LogP contribution is -2.27. The topological polar surface area (TPSA) is 78.3 Å². The zero-order valence-electron chi connectivity index (χ0n) is 11.6. The summed E-state index contributed by atoms with van der Waals surface area (Å²) >= 11 is 6.19. The number of hydrogen-bond donors (Lipinski definition) is 2. The Morgan fingerprint density at radius 3 is 2.58 bits per heavy atom. The largest absolute Gasteiger partial charge is 0.497 e. The van der Waals surface area contributed by atoms with Crippen molar-refractivity contribution in [1.29, 1.82) is 0 Å². The van der Waals surface area contributed by atoms with Crippen molar-refractivity contribution in [3.63, 3.8) is 0 Å². The van der Waals surface area contributed by atoms with Crippen LogP contribution < -0.4 is 16.2 Å². The van der Waals surface area contributed by atoms with Crippen LogP contribution in [0.1, 0.15) is 38.3 Å². The number of primary amides is 1. The van der Waals surface area contributed by atoms with Gasteiger partial charge in [-0.1, -0.05) is 31.5 Å². The zero-order valence-corrected chi connectivity index (χ0v) is 12.3. The summed E-state index contributed by atoms with van der Waals surface area (Å²) in [4.78, 5) is 11.0. The van der Waals surface area contributed by atoms with Gasteiger partial charge in [0.1, 0.15) is 5.75 Å². The van der Waals surface area contributed by atoms with E-state index in [9.17, 15) is 4.79 Å². The van der Waals surface area contributed by atoms with Crippen LogP contribution in [-0.4, -0.2) is 13.0 Å². The quantitative estimate of drug-likeness (QED) is 0.843. The summed E-state index contributed by atoms with van der Waals surface area (Å²) in [6.07, 6.45) is 0.927. The third kappa shape index (κ3) is 4.73. The molecule has 0 saturated carbocycles. The minimum absolute atomic E-state index is 0.243. The smallest absolute Gasteiger partial charge is 0.217 e. The fraction of sp³-hybridized carbons (Fsp3) is 0.500. The molecule has 4 N–H and O–H groups in total. The molecule has 1 aromatic carbocycles. The van der Waals surface area contributed by atoms with Crippen LogP contribution in [0.3, 0.4) is 0 Å². The van der Waals surface area contributed by atoms with Crippen LogP contribution in [-0.2, 0) is 4.79 Å². The Labute approximate surface area is 119 Å². The SMILES string of the molecule is COc1ccc(C(N)CC(C)(C)CC(N)=O)c(Cl)c1. The lowest BCUT2D eigenvalue weighted by molar-refractivity contribution is -0.120. The van der Waals surface area contributed by atoms with Gasteiger partial charge in [0.15, 0.2) is 0 Å². The molecule has 0 aliphatic carbocycles. The van der Waals surface area contributed by atoms with Crippen LogP contribution >= 0.6 is 11.6 Å². The molecule has 0 aliphatic rings. The van der Waals surface area contributed by atoms with Crippen LogP contribution in [0.25, 0.3) is 0 Å². The van der Waals surface area contributed by atoms with E-state index in [0.717, 1.165) is 5.56 Å². The highest BCUT2D eigenvalue weighted by Crippen LogP contribution is 2.35. The number of nitrogens with two attached hydrogens (primary N) is 2. The van der Waals surface area contributed by atoms with Crippen LogP contribution in [0.4, 0.5) is 0 Å². The third-order valence-corrected chi connectivity index (χ3v) is 3.36. The number of ether oxygens (including phenoxy) is 1. The number of methoxy groups -OCH3 is 1. The van der Waals surface area contributed by atoms with Gasteiger partial charge in [-0.2, -0.15) is 0 Å². The number of carbonyl (C=O) groups is 1. The van der Waals surface area contributed by atoms with Crippen LogP contribution in [0.2, 0.25) is 5.02 Å². The maximum Gasteiger partial charge on any atom is 0.217 e. The number of rotatable bonds is 6. The van der Waals surface area contributed by atoms with Gasteiger partial charge in [-0.05, 0) is 29.5 Å². The number of benzene rings is 1. The molecule has 1 aromatic rings. The summed E-state index contributed by atoms with van der Waals surface area (Å²) in [5, 5.41) is 0.571. The molecule has 0 aromatic heterocycles. The predicted octanol–water partition coefficient (Wildman–Crippen LogP) is 2.64. The Morgan fingerprint density at radius 2 is 2.11 bits per heavy atom. The van der Waals surface area contributed by atoms with Gasteiger partial charge in [0.2, 0.25) is 5.91 Å². The second-order valence-electron chi connectivity index (χ2n) is 5.51. The molecule has 0 spiro atoms. The molecule has 0 radical (unpaired) electrons. The number of hydrogen-bond acceptors (Lipinski definition) is 3. The number of halogens is 1. The highest BCUT2D eigenvalue weighted by atomic mass is 35.5. The number of carbonyl (C=O) groups excluding carboxylic acids is 1. The standard InChI is InChI=1S/C14H21ClN2O2/c1-14(2,8-13(17)18)7-12(16)10-5-4-9(19-3)6-11(10)15/h4-6,12H,7-8,16H2,1-3H3,(H2,17,18). The van der Waals surface area contributed by atoms with Crippen molar-refractivity contribution in [2.24, 2.45) is 16.9 Å². The molecule has 0 aliphatic heterocycles. The van der Waals surface area contributed by atoms with Crippen LogP contribution in [0.15, 0.2) is 18.2 Å². The second-order valence-corrected chi connectivity index (χ2v) is 5.91. The highest BCUT2D eigenvalue weighted by molar-refractivity contribution is 6.31. The molecule has 0 saturated heterocycles. The number of amides is 1. The Morgan fingerprint density at radius 1 is 1.47 bits per heavy atom. The van der Waals surface area contributed by atoms with Gasteiger partial charge in [-0.15, -0.1) is 0 Å². The van der Waals surface area contributed by atoms with Crippen molar-refractivity contribution >= 4 is 17.5 Å². The van der Waals surface area contributed by atoms with Gasteiger partial charge >= 0.3 is 0 Å². The van der Waals surface area contributed by atoms with Gasteiger partial charge in [0, 0.05) is 17.5 Å². The summed E-state index contributed by atoms with van der Waals surface area (Å²) in [5.41, 5.74) is 12.0. The minimum atomic E-state index is -0.321. The molecule has 106 valence electrons. The summed E-state index contributed by atoms with van der Waals surface area (Å²) < 4.78 is 5.10. The van der Waals surface area contributed by atoms with E-state index in [1.54, 1.807) is 13.2 Å². The molecule has 0 fully saturated rings. The van der Waals surface area contributed by atoms with E-state index in [4.69, 9.17) is 27.8 Å². The van der Waals surface area contributed by atoms with E-state index >= 15 is 0 Å². The van der Waals surface area contributed by atoms with Crippen LogP contribution in [0, 0.1) is 5.41 Å². The first-order chi connectivity index (χ1) is 8.75. The maximum absolute atomic E-state index is 11.0. The van der Waals surface area contributed by atoms with Crippen LogP contribution in [0.5, 0.6) is 5.75 Å². The van der Waals surface area contributed by atoms with Gasteiger partial charge in [-0.25, -0.2) is 0 Å². The average molecular weight is 285 g/mol. The van der Waals surface area contributed by atoms with Crippen molar-refractivity contribution in [1.82, 2.24) is 0 Å². The molecule has 1 unspecified atom stereocenters. The molecule has 4 nitrogen and oxygen atoms in total.